The number of carbonyl (C=O) groups excluding carboxylic acids is 2. The van der Waals surface area contributed by atoms with Crippen molar-refractivity contribution in [3.05, 3.63) is 94.0 Å². The first-order valence-electron chi connectivity index (χ1n) is 12.7. The van der Waals surface area contributed by atoms with Gasteiger partial charge in [0.1, 0.15) is 0 Å². The number of ether oxygens (including phenoxy) is 1. The van der Waals surface area contributed by atoms with Crippen molar-refractivity contribution in [2.75, 3.05) is 56.2 Å². The second-order valence-corrected chi connectivity index (χ2v) is 9.78. The van der Waals surface area contributed by atoms with Crippen LogP contribution in [0.5, 0.6) is 0 Å². The van der Waals surface area contributed by atoms with Gasteiger partial charge >= 0.3 is 0 Å². The zero-order chi connectivity index (χ0) is 25.6. The van der Waals surface area contributed by atoms with E-state index < -0.39 is 0 Å². The number of morpholine rings is 1. The van der Waals surface area contributed by atoms with Crippen LogP contribution in [-0.2, 0) is 17.7 Å². The van der Waals surface area contributed by atoms with E-state index in [9.17, 15) is 9.59 Å². The van der Waals surface area contributed by atoms with E-state index in [0.29, 0.717) is 28.4 Å². The van der Waals surface area contributed by atoms with Gasteiger partial charge in [-0.2, -0.15) is 0 Å². The van der Waals surface area contributed by atoms with Gasteiger partial charge in [0.15, 0.2) is 0 Å². The SMILES string of the molecule is O=C(Nc1ccc(N2CCc3ccccc3C2)c(C(=O)NCCN2CCOCC2)c1)c1ccc(Cl)cc1. The molecule has 0 aliphatic carbocycles. The van der Waals surface area contributed by atoms with E-state index in [2.05, 4.69) is 44.7 Å². The van der Waals surface area contributed by atoms with Crippen molar-refractivity contribution in [1.82, 2.24) is 10.2 Å². The zero-order valence-electron chi connectivity index (χ0n) is 20.7. The van der Waals surface area contributed by atoms with Crippen LogP contribution in [-0.4, -0.2) is 62.7 Å². The Morgan fingerprint density at radius 2 is 1.65 bits per heavy atom. The molecule has 7 nitrogen and oxygen atoms in total. The molecule has 0 atom stereocenters. The summed E-state index contributed by atoms with van der Waals surface area (Å²) in [5.74, 6) is -0.403. The first-order chi connectivity index (χ1) is 18.1. The van der Waals surface area contributed by atoms with E-state index in [0.717, 1.165) is 58.0 Å². The minimum atomic E-state index is -0.255. The van der Waals surface area contributed by atoms with E-state index in [-0.39, 0.29) is 11.8 Å². The molecule has 1 fully saturated rings. The first-order valence-corrected chi connectivity index (χ1v) is 13.1. The summed E-state index contributed by atoms with van der Waals surface area (Å²) in [7, 11) is 0. The van der Waals surface area contributed by atoms with Gasteiger partial charge in [-0.25, -0.2) is 0 Å². The highest BCUT2D eigenvalue weighted by Crippen LogP contribution is 2.30. The van der Waals surface area contributed by atoms with Gasteiger partial charge < -0.3 is 20.3 Å². The van der Waals surface area contributed by atoms with Crippen molar-refractivity contribution < 1.29 is 14.3 Å². The average molecular weight is 519 g/mol. The number of benzene rings is 3. The average Bonchev–Trinajstić information content (AvgIpc) is 2.93. The van der Waals surface area contributed by atoms with Gasteiger partial charge in [0.25, 0.3) is 11.8 Å². The molecule has 0 saturated carbocycles. The predicted octanol–water partition coefficient (Wildman–Crippen LogP) is 4.22. The Hall–Kier alpha value is -3.39. The molecule has 3 aromatic carbocycles. The molecule has 5 rings (SSSR count). The number of hydrogen-bond donors (Lipinski definition) is 2. The number of fused-ring (bicyclic) bond motifs is 1. The lowest BCUT2D eigenvalue weighted by Gasteiger charge is -2.32. The van der Waals surface area contributed by atoms with Crippen LogP contribution in [0.2, 0.25) is 5.02 Å². The van der Waals surface area contributed by atoms with Crippen LogP contribution in [0, 0.1) is 0 Å². The smallest absolute Gasteiger partial charge is 0.255 e. The Bertz CT molecular complexity index is 1260. The summed E-state index contributed by atoms with van der Waals surface area (Å²) < 4.78 is 5.41. The van der Waals surface area contributed by atoms with Crippen molar-refractivity contribution in [2.45, 2.75) is 13.0 Å². The fourth-order valence-corrected chi connectivity index (χ4v) is 4.95. The molecule has 1 saturated heterocycles. The molecule has 37 heavy (non-hydrogen) atoms. The second kappa shape index (κ2) is 11.8. The van der Waals surface area contributed by atoms with Crippen molar-refractivity contribution in [1.29, 1.82) is 0 Å². The molecular weight excluding hydrogens is 488 g/mol. The van der Waals surface area contributed by atoms with Crippen molar-refractivity contribution >= 4 is 34.8 Å². The number of amides is 2. The maximum atomic E-state index is 13.4. The van der Waals surface area contributed by atoms with Gasteiger partial charge in [0.2, 0.25) is 0 Å². The van der Waals surface area contributed by atoms with Crippen LogP contribution in [0.1, 0.15) is 31.8 Å². The molecule has 0 spiro atoms. The van der Waals surface area contributed by atoms with Crippen molar-refractivity contribution in [2.24, 2.45) is 0 Å². The van der Waals surface area contributed by atoms with Gasteiger partial charge in [-0.1, -0.05) is 35.9 Å². The molecule has 2 aliphatic heterocycles. The van der Waals surface area contributed by atoms with E-state index in [1.807, 2.05) is 12.1 Å². The number of nitrogens with zero attached hydrogens (tertiary/aromatic N) is 2. The molecule has 2 amide bonds. The maximum Gasteiger partial charge on any atom is 0.255 e. The Morgan fingerprint density at radius 1 is 0.892 bits per heavy atom. The van der Waals surface area contributed by atoms with Crippen LogP contribution in [0.3, 0.4) is 0 Å². The number of anilines is 2. The van der Waals surface area contributed by atoms with Crippen molar-refractivity contribution in [3.8, 4) is 0 Å². The lowest BCUT2D eigenvalue weighted by Crippen LogP contribution is -2.41. The van der Waals surface area contributed by atoms with E-state index in [1.165, 1.54) is 11.1 Å². The zero-order valence-corrected chi connectivity index (χ0v) is 21.5. The highest BCUT2D eigenvalue weighted by atomic mass is 35.5. The fourth-order valence-electron chi connectivity index (χ4n) is 4.82. The molecular formula is C29H31ClN4O3. The van der Waals surface area contributed by atoms with Crippen LogP contribution in [0.25, 0.3) is 0 Å². The molecule has 0 unspecified atom stereocenters. The Morgan fingerprint density at radius 3 is 2.43 bits per heavy atom. The van der Waals surface area contributed by atoms with E-state index in [1.54, 1.807) is 30.3 Å². The maximum absolute atomic E-state index is 13.4. The van der Waals surface area contributed by atoms with Gasteiger partial charge in [-0.3, -0.25) is 14.5 Å². The normalized spacial score (nSPS) is 15.6. The lowest BCUT2D eigenvalue weighted by molar-refractivity contribution is 0.0383. The van der Waals surface area contributed by atoms with Gasteiger partial charge in [-0.05, 0) is 60.0 Å². The molecule has 0 aromatic heterocycles. The molecule has 2 N–H and O–H groups in total. The van der Waals surface area contributed by atoms with E-state index in [4.69, 9.17) is 16.3 Å². The largest absolute Gasteiger partial charge is 0.379 e. The molecule has 2 heterocycles. The molecule has 0 radical (unpaired) electrons. The monoisotopic (exact) mass is 518 g/mol. The summed E-state index contributed by atoms with van der Waals surface area (Å²) >= 11 is 5.96. The third-order valence-corrected chi connectivity index (χ3v) is 7.15. The highest BCUT2D eigenvalue weighted by molar-refractivity contribution is 6.30. The number of hydrogen-bond acceptors (Lipinski definition) is 5. The minimum absolute atomic E-state index is 0.148. The Labute approximate surface area is 222 Å². The molecule has 2 aliphatic rings. The lowest BCUT2D eigenvalue weighted by atomic mass is 9.98. The summed E-state index contributed by atoms with van der Waals surface area (Å²) in [5.41, 5.74) is 5.10. The van der Waals surface area contributed by atoms with Crippen LogP contribution < -0.4 is 15.5 Å². The van der Waals surface area contributed by atoms with Gasteiger partial charge in [0, 0.05) is 61.2 Å². The second-order valence-electron chi connectivity index (χ2n) is 9.34. The summed E-state index contributed by atoms with van der Waals surface area (Å²) in [6.45, 7) is 6.08. The van der Waals surface area contributed by atoms with Crippen molar-refractivity contribution in [3.63, 3.8) is 0 Å². The molecule has 192 valence electrons. The quantitative estimate of drug-likeness (QED) is 0.490. The summed E-state index contributed by atoms with van der Waals surface area (Å²) in [6, 6.07) is 20.7. The number of nitrogens with one attached hydrogen (secondary N) is 2. The highest BCUT2D eigenvalue weighted by Gasteiger charge is 2.22. The summed E-state index contributed by atoms with van der Waals surface area (Å²) in [5, 5.41) is 6.58. The molecule has 3 aromatic rings. The third-order valence-electron chi connectivity index (χ3n) is 6.89. The first kappa shape index (κ1) is 25.3. The Balaban J connectivity index is 1.35. The van der Waals surface area contributed by atoms with E-state index >= 15 is 0 Å². The number of halogens is 1. The third kappa shape index (κ3) is 6.31. The molecule has 0 bridgehead atoms. The number of rotatable bonds is 7. The summed E-state index contributed by atoms with van der Waals surface area (Å²) in [6.07, 6.45) is 0.920. The van der Waals surface area contributed by atoms with Crippen LogP contribution >= 0.6 is 11.6 Å². The van der Waals surface area contributed by atoms with Crippen LogP contribution in [0.4, 0.5) is 11.4 Å². The Kier molecular flexibility index (Phi) is 8.04. The minimum Gasteiger partial charge on any atom is -0.379 e. The standard InChI is InChI=1S/C29H31ClN4O3/c30-24-7-5-22(6-8-24)28(35)32-25-9-10-27(34-13-11-21-3-1-2-4-23(21)20-34)26(19-25)29(36)31-12-14-33-15-17-37-18-16-33/h1-10,19H,11-18,20H2,(H,31,36)(H,32,35). The van der Waals surface area contributed by atoms with Gasteiger partial charge in [-0.15, -0.1) is 0 Å². The number of carbonyl (C=O) groups is 2. The summed E-state index contributed by atoms with van der Waals surface area (Å²) in [4.78, 5) is 30.8. The van der Waals surface area contributed by atoms with Crippen LogP contribution in [0.15, 0.2) is 66.7 Å². The predicted molar refractivity (Wildman–Crippen MR) is 147 cm³/mol. The molecule has 8 heteroatoms. The fraction of sp³-hybridized carbons (Fsp3) is 0.310. The topological polar surface area (TPSA) is 73.9 Å². The van der Waals surface area contributed by atoms with Gasteiger partial charge in [0.05, 0.1) is 18.8 Å².